The van der Waals surface area contributed by atoms with Crippen molar-refractivity contribution in [3.63, 3.8) is 0 Å². The van der Waals surface area contributed by atoms with Crippen molar-refractivity contribution in [1.82, 2.24) is 25.6 Å². The van der Waals surface area contributed by atoms with Crippen LogP contribution in [-0.4, -0.2) is 57.9 Å². The first-order chi connectivity index (χ1) is 10.6. The van der Waals surface area contributed by atoms with E-state index in [1.54, 1.807) is 6.92 Å². The minimum absolute atomic E-state index is 0.0946. The first-order valence-corrected chi connectivity index (χ1v) is 7.04. The van der Waals surface area contributed by atoms with Crippen LogP contribution in [0.1, 0.15) is 30.8 Å². The van der Waals surface area contributed by atoms with Crippen LogP contribution in [0.15, 0.2) is 6.20 Å². The van der Waals surface area contributed by atoms with Crippen molar-refractivity contribution in [2.24, 2.45) is 11.3 Å². The second-order valence-electron chi connectivity index (χ2n) is 6.13. The molecule has 1 saturated carbocycles. The molecule has 2 amide bonds. The van der Waals surface area contributed by atoms with E-state index < -0.39 is 35.4 Å². The van der Waals surface area contributed by atoms with Crippen LogP contribution in [0.4, 0.5) is 13.2 Å². The lowest BCUT2D eigenvalue weighted by Gasteiger charge is -2.25. The van der Waals surface area contributed by atoms with E-state index in [2.05, 4.69) is 20.7 Å². The van der Waals surface area contributed by atoms with Gasteiger partial charge < -0.3 is 10.2 Å². The molecule has 0 radical (unpaired) electrons. The Morgan fingerprint density at radius 3 is 2.70 bits per heavy atom. The van der Waals surface area contributed by atoms with Crippen LogP contribution in [0, 0.1) is 11.3 Å². The summed E-state index contributed by atoms with van der Waals surface area (Å²) in [5, 5.41) is 12.0. The molecular weight excluding hydrogens is 315 g/mol. The summed E-state index contributed by atoms with van der Waals surface area (Å²) in [6.07, 6.45) is -3.31. The topological polar surface area (TPSA) is 91.0 Å². The van der Waals surface area contributed by atoms with E-state index in [4.69, 9.17) is 0 Å². The van der Waals surface area contributed by atoms with Crippen molar-refractivity contribution in [2.45, 2.75) is 32.5 Å². The summed E-state index contributed by atoms with van der Waals surface area (Å²) in [6.45, 7) is 3.07. The molecule has 3 unspecified atom stereocenters. The molecule has 10 heteroatoms. The number of hydrogen-bond acceptors (Lipinski definition) is 4. The number of H-pyrrole nitrogens is 1. The van der Waals surface area contributed by atoms with Gasteiger partial charge in [0.15, 0.2) is 5.69 Å². The number of nitrogens with one attached hydrogen (secondary N) is 2. The van der Waals surface area contributed by atoms with Crippen LogP contribution in [0.5, 0.6) is 0 Å². The molecule has 1 aromatic rings. The zero-order chi connectivity index (χ0) is 17.4. The Hall–Kier alpha value is -2.13. The molecule has 2 rings (SSSR count). The lowest BCUT2D eigenvalue weighted by Crippen LogP contribution is -2.45. The highest BCUT2D eigenvalue weighted by Crippen LogP contribution is 2.60. The van der Waals surface area contributed by atoms with E-state index in [0.717, 1.165) is 0 Å². The predicted octanol–water partition coefficient (Wildman–Crippen LogP) is 0.970. The number of hydrogen-bond donors (Lipinski definition) is 2. The highest BCUT2D eigenvalue weighted by molar-refractivity contribution is 5.92. The van der Waals surface area contributed by atoms with Gasteiger partial charge in [-0.1, -0.05) is 6.92 Å². The van der Waals surface area contributed by atoms with Gasteiger partial charge >= 0.3 is 6.18 Å². The molecule has 0 bridgehead atoms. The summed E-state index contributed by atoms with van der Waals surface area (Å²) in [5.74, 6) is -2.63. The molecule has 3 atom stereocenters. The molecule has 0 spiro atoms. The third-order valence-corrected chi connectivity index (χ3v) is 4.04. The average Bonchev–Trinajstić information content (AvgIpc) is 2.90. The third kappa shape index (κ3) is 3.62. The molecule has 128 valence electrons. The fourth-order valence-electron chi connectivity index (χ4n) is 2.66. The minimum atomic E-state index is -4.36. The smallest absolute Gasteiger partial charge is 0.346 e. The molecule has 0 aromatic carbocycles. The predicted molar refractivity (Wildman–Crippen MR) is 73.2 cm³/mol. The zero-order valence-electron chi connectivity index (χ0n) is 12.9. The summed E-state index contributed by atoms with van der Waals surface area (Å²) < 4.78 is 38.1. The summed E-state index contributed by atoms with van der Waals surface area (Å²) in [5.41, 5.74) is -1.31. The minimum Gasteiger partial charge on any atom is -0.346 e. The SMILES string of the molecule is CC(CN(C)C(=O)C1(C)CC1C(F)(F)F)NC(=O)c1cn[nH]n1. The number of likely N-dealkylation sites (N-methyl/N-ethyl adjacent to an activating group) is 1. The molecule has 1 aliphatic carbocycles. The third-order valence-electron chi connectivity index (χ3n) is 4.04. The Kier molecular flexibility index (Phi) is 4.36. The molecule has 1 aromatic heterocycles. The van der Waals surface area contributed by atoms with Gasteiger partial charge in [-0.25, -0.2) is 0 Å². The van der Waals surface area contributed by atoms with Crippen molar-refractivity contribution in [1.29, 1.82) is 0 Å². The number of aromatic amines is 1. The van der Waals surface area contributed by atoms with Gasteiger partial charge in [0, 0.05) is 19.6 Å². The molecule has 1 heterocycles. The molecule has 23 heavy (non-hydrogen) atoms. The number of halogens is 3. The van der Waals surface area contributed by atoms with E-state index in [1.165, 1.54) is 25.1 Å². The van der Waals surface area contributed by atoms with Crippen LogP contribution in [-0.2, 0) is 4.79 Å². The Bertz CT molecular complexity index is 589. The largest absolute Gasteiger partial charge is 0.392 e. The Morgan fingerprint density at radius 2 is 2.22 bits per heavy atom. The Morgan fingerprint density at radius 1 is 1.57 bits per heavy atom. The summed E-state index contributed by atoms with van der Waals surface area (Å²) in [4.78, 5) is 25.2. The molecule has 2 N–H and O–H groups in total. The number of nitrogens with zero attached hydrogens (tertiary/aromatic N) is 3. The number of carbonyl (C=O) groups excluding carboxylic acids is 2. The first kappa shape index (κ1) is 17.2. The first-order valence-electron chi connectivity index (χ1n) is 7.04. The van der Waals surface area contributed by atoms with Crippen LogP contribution in [0.2, 0.25) is 0 Å². The van der Waals surface area contributed by atoms with Gasteiger partial charge in [0.2, 0.25) is 5.91 Å². The maximum absolute atomic E-state index is 12.7. The lowest BCUT2D eigenvalue weighted by atomic mass is 10.0. The van der Waals surface area contributed by atoms with Crippen molar-refractivity contribution in [3.8, 4) is 0 Å². The van der Waals surface area contributed by atoms with Crippen LogP contribution < -0.4 is 5.32 Å². The number of alkyl halides is 3. The molecule has 0 aliphatic heterocycles. The van der Waals surface area contributed by atoms with Gasteiger partial charge in [-0.2, -0.15) is 28.6 Å². The standard InChI is InChI=1S/C13H18F3N5O2/c1-7(18-10(22)8-5-17-20-19-8)6-21(3)11(23)12(2)4-9(12)13(14,15)16/h5,7,9H,4,6H2,1-3H3,(H,18,22)(H,17,19,20). The van der Waals surface area contributed by atoms with E-state index in [1.807, 2.05) is 0 Å². The summed E-state index contributed by atoms with van der Waals surface area (Å²) in [6, 6.07) is -0.445. The van der Waals surface area contributed by atoms with Crippen molar-refractivity contribution >= 4 is 11.8 Å². The monoisotopic (exact) mass is 333 g/mol. The highest BCUT2D eigenvalue weighted by Gasteiger charge is 2.68. The van der Waals surface area contributed by atoms with Crippen LogP contribution in [0.3, 0.4) is 0 Å². The average molecular weight is 333 g/mol. The van der Waals surface area contributed by atoms with Crippen molar-refractivity contribution < 1.29 is 22.8 Å². The van der Waals surface area contributed by atoms with E-state index >= 15 is 0 Å². The van der Waals surface area contributed by atoms with E-state index in [9.17, 15) is 22.8 Å². The van der Waals surface area contributed by atoms with Crippen LogP contribution in [0.25, 0.3) is 0 Å². The number of carbonyl (C=O) groups is 2. The van der Waals surface area contributed by atoms with Crippen LogP contribution >= 0.6 is 0 Å². The van der Waals surface area contributed by atoms with Crippen molar-refractivity contribution in [3.05, 3.63) is 11.9 Å². The van der Waals surface area contributed by atoms with E-state index in [0.29, 0.717) is 0 Å². The van der Waals surface area contributed by atoms with Gasteiger partial charge in [0.1, 0.15) is 0 Å². The zero-order valence-corrected chi connectivity index (χ0v) is 12.9. The van der Waals surface area contributed by atoms with Gasteiger partial charge in [0.25, 0.3) is 5.91 Å². The van der Waals surface area contributed by atoms with Crippen molar-refractivity contribution in [2.75, 3.05) is 13.6 Å². The fourth-order valence-corrected chi connectivity index (χ4v) is 2.66. The Labute approximate surface area is 130 Å². The molecular formula is C13H18F3N5O2. The normalized spacial score (nSPS) is 24.9. The second-order valence-corrected chi connectivity index (χ2v) is 6.13. The van der Waals surface area contributed by atoms with Gasteiger partial charge in [-0.3, -0.25) is 9.59 Å². The number of rotatable bonds is 5. The summed E-state index contributed by atoms with van der Waals surface area (Å²) in [7, 11) is 1.43. The number of aromatic nitrogens is 3. The summed E-state index contributed by atoms with van der Waals surface area (Å²) >= 11 is 0. The molecule has 0 saturated heterocycles. The Balaban J connectivity index is 1.88. The highest BCUT2D eigenvalue weighted by atomic mass is 19.4. The number of amides is 2. The maximum atomic E-state index is 12.7. The van der Waals surface area contributed by atoms with Gasteiger partial charge in [-0.05, 0) is 13.3 Å². The second kappa shape index (κ2) is 5.82. The molecule has 1 aliphatic rings. The lowest BCUT2D eigenvalue weighted by molar-refractivity contribution is -0.163. The van der Waals surface area contributed by atoms with E-state index in [-0.39, 0.29) is 18.7 Å². The van der Waals surface area contributed by atoms with Gasteiger partial charge in [0.05, 0.1) is 17.5 Å². The fraction of sp³-hybridized carbons (Fsp3) is 0.692. The quantitative estimate of drug-likeness (QED) is 0.840. The van der Waals surface area contributed by atoms with Gasteiger partial charge in [-0.15, -0.1) is 0 Å². The molecule has 7 nitrogen and oxygen atoms in total. The molecule has 1 fully saturated rings. The maximum Gasteiger partial charge on any atom is 0.392 e.